The predicted octanol–water partition coefficient (Wildman–Crippen LogP) is 2.36. The molecule has 3 rings (SSSR count). The molecule has 120 valence electrons. The van der Waals surface area contributed by atoms with Crippen molar-refractivity contribution in [2.75, 3.05) is 20.2 Å². The molecule has 1 saturated heterocycles. The third-order valence-electron chi connectivity index (χ3n) is 4.15. The fourth-order valence-corrected chi connectivity index (χ4v) is 2.76. The van der Waals surface area contributed by atoms with Crippen molar-refractivity contribution < 1.29 is 13.9 Å². The minimum Gasteiger partial charge on any atom is -0.463 e. The highest BCUT2D eigenvalue weighted by atomic mass is 16.5. The van der Waals surface area contributed by atoms with Crippen LogP contribution in [0.3, 0.4) is 0 Å². The predicted molar refractivity (Wildman–Crippen MR) is 88.2 cm³/mol. The van der Waals surface area contributed by atoms with Crippen LogP contribution in [-0.2, 0) is 9.53 Å². The van der Waals surface area contributed by atoms with Crippen LogP contribution in [-0.4, -0.2) is 37.1 Å². The zero-order valence-electron chi connectivity index (χ0n) is 13.2. The average molecular weight is 313 g/mol. The van der Waals surface area contributed by atoms with Gasteiger partial charge in [0, 0.05) is 26.3 Å². The van der Waals surface area contributed by atoms with E-state index in [1.54, 1.807) is 24.1 Å². The number of nitrogens with zero attached hydrogens (tertiary/aromatic N) is 1. The van der Waals surface area contributed by atoms with Crippen molar-refractivity contribution in [2.24, 2.45) is 0 Å². The van der Waals surface area contributed by atoms with Crippen LogP contribution >= 0.6 is 0 Å². The Morgan fingerprint density at radius 1 is 1.43 bits per heavy atom. The highest BCUT2D eigenvalue weighted by Gasteiger charge is 2.24. The van der Waals surface area contributed by atoms with Gasteiger partial charge in [-0.3, -0.25) is 9.59 Å². The molecule has 0 bridgehead atoms. The van der Waals surface area contributed by atoms with Crippen molar-refractivity contribution in [3.05, 3.63) is 51.9 Å². The number of fused-ring (bicyclic) bond motifs is 1. The van der Waals surface area contributed by atoms with Gasteiger partial charge in [0.25, 0.3) is 0 Å². The number of hydrogen-bond donors (Lipinski definition) is 0. The summed E-state index contributed by atoms with van der Waals surface area (Å²) in [6.45, 7) is 3.18. The largest absolute Gasteiger partial charge is 0.463 e. The van der Waals surface area contributed by atoms with Gasteiger partial charge >= 0.3 is 0 Å². The van der Waals surface area contributed by atoms with Crippen LogP contribution in [0.2, 0.25) is 0 Å². The summed E-state index contributed by atoms with van der Waals surface area (Å²) in [6.07, 6.45) is 5.28. The van der Waals surface area contributed by atoms with E-state index in [-0.39, 0.29) is 17.4 Å². The van der Waals surface area contributed by atoms with Gasteiger partial charge in [-0.2, -0.15) is 0 Å². The van der Waals surface area contributed by atoms with Gasteiger partial charge < -0.3 is 14.1 Å². The van der Waals surface area contributed by atoms with Gasteiger partial charge in [-0.15, -0.1) is 0 Å². The molecule has 23 heavy (non-hydrogen) atoms. The SMILES string of the molecule is COC1CCN(C(=O)/C=C/c2coc3ccc(C)cc3c2=O)C1. The summed E-state index contributed by atoms with van der Waals surface area (Å²) >= 11 is 0. The molecule has 2 aromatic rings. The Morgan fingerprint density at radius 3 is 3.00 bits per heavy atom. The molecular weight excluding hydrogens is 294 g/mol. The maximum absolute atomic E-state index is 12.5. The van der Waals surface area contributed by atoms with E-state index >= 15 is 0 Å². The molecule has 5 nitrogen and oxygen atoms in total. The number of amides is 1. The molecule has 0 spiro atoms. The standard InChI is InChI=1S/C18H19NO4/c1-12-3-5-16-15(9-12)18(21)13(11-23-16)4-6-17(20)19-8-7-14(10-19)22-2/h3-6,9,11,14H,7-8,10H2,1-2H3/b6-4+. The highest BCUT2D eigenvalue weighted by molar-refractivity contribution is 5.92. The summed E-state index contributed by atoms with van der Waals surface area (Å²) in [6, 6.07) is 5.47. The molecule has 1 aliphatic rings. The van der Waals surface area contributed by atoms with Crippen LogP contribution in [0.1, 0.15) is 17.5 Å². The second kappa shape index (κ2) is 6.38. The van der Waals surface area contributed by atoms with E-state index in [0.29, 0.717) is 29.6 Å². The number of likely N-dealkylation sites (tertiary alicyclic amines) is 1. The van der Waals surface area contributed by atoms with Crippen LogP contribution in [0.5, 0.6) is 0 Å². The molecule has 0 saturated carbocycles. The van der Waals surface area contributed by atoms with Gasteiger partial charge in [0.15, 0.2) is 5.43 Å². The zero-order valence-corrected chi connectivity index (χ0v) is 13.2. The Labute approximate surface area is 134 Å². The summed E-state index contributed by atoms with van der Waals surface area (Å²) < 4.78 is 10.7. The number of aryl methyl sites for hydroxylation is 1. The van der Waals surface area contributed by atoms with Crippen molar-refractivity contribution in [1.29, 1.82) is 0 Å². The third-order valence-corrected chi connectivity index (χ3v) is 4.15. The lowest BCUT2D eigenvalue weighted by atomic mass is 10.1. The molecule has 1 unspecified atom stereocenters. The van der Waals surface area contributed by atoms with Gasteiger partial charge in [-0.05, 0) is 31.6 Å². The minimum absolute atomic E-state index is 0.0982. The molecule has 0 aliphatic carbocycles. The lowest BCUT2D eigenvalue weighted by Gasteiger charge is -2.13. The molecule has 1 aromatic heterocycles. The number of ether oxygens (including phenoxy) is 1. The van der Waals surface area contributed by atoms with Crippen LogP contribution < -0.4 is 5.43 Å². The zero-order chi connectivity index (χ0) is 16.4. The fourth-order valence-electron chi connectivity index (χ4n) is 2.76. The molecule has 1 aromatic carbocycles. The Bertz CT molecular complexity index is 821. The topological polar surface area (TPSA) is 59.8 Å². The van der Waals surface area contributed by atoms with Crippen LogP contribution in [0, 0.1) is 6.92 Å². The van der Waals surface area contributed by atoms with E-state index in [1.165, 1.54) is 18.4 Å². The molecule has 1 atom stereocenters. The Morgan fingerprint density at radius 2 is 2.26 bits per heavy atom. The quantitative estimate of drug-likeness (QED) is 0.816. The van der Waals surface area contributed by atoms with Gasteiger partial charge in [0.2, 0.25) is 5.91 Å². The molecule has 5 heteroatoms. The Kier molecular flexibility index (Phi) is 4.30. The summed E-state index contributed by atoms with van der Waals surface area (Å²) in [5.41, 5.74) is 1.78. The van der Waals surface area contributed by atoms with E-state index < -0.39 is 0 Å². The first kappa shape index (κ1) is 15.5. The van der Waals surface area contributed by atoms with E-state index in [4.69, 9.17) is 9.15 Å². The molecule has 1 fully saturated rings. The smallest absolute Gasteiger partial charge is 0.246 e. The first-order chi connectivity index (χ1) is 11.1. The van der Waals surface area contributed by atoms with Crippen molar-refractivity contribution in [2.45, 2.75) is 19.4 Å². The average Bonchev–Trinajstić information content (AvgIpc) is 3.04. The van der Waals surface area contributed by atoms with Crippen molar-refractivity contribution in [3.63, 3.8) is 0 Å². The normalized spacial score (nSPS) is 18.2. The number of carbonyl (C=O) groups is 1. The van der Waals surface area contributed by atoms with E-state index in [0.717, 1.165) is 12.0 Å². The van der Waals surface area contributed by atoms with Crippen LogP contribution in [0.25, 0.3) is 17.0 Å². The first-order valence-corrected chi connectivity index (χ1v) is 7.60. The molecule has 0 radical (unpaired) electrons. The van der Waals surface area contributed by atoms with E-state index in [9.17, 15) is 9.59 Å². The number of methoxy groups -OCH3 is 1. The summed E-state index contributed by atoms with van der Waals surface area (Å²) in [4.78, 5) is 26.3. The monoisotopic (exact) mass is 313 g/mol. The van der Waals surface area contributed by atoms with Gasteiger partial charge in [-0.25, -0.2) is 0 Å². The summed E-state index contributed by atoms with van der Waals surface area (Å²) in [5, 5.41) is 0.528. The second-order valence-electron chi connectivity index (χ2n) is 5.78. The number of hydrogen-bond acceptors (Lipinski definition) is 4. The summed E-state index contributed by atoms with van der Waals surface area (Å²) in [7, 11) is 1.65. The molecule has 0 N–H and O–H groups in total. The fraction of sp³-hybridized carbons (Fsp3) is 0.333. The van der Waals surface area contributed by atoms with E-state index in [2.05, 4.69) is 0 Å². The van der Waals surface area contributed by atoms with Gasteiger partial charge in [0.1, 0.15) is 11.8 Å². The maximum atomic E-state index is 12.5. The highest BCUT2D eigenvalue weighted by Crippen LogP contribution is 2.15. The lowest BCUT2D eigenvalue weighted by molar-refractivity contribution is -0.125. The minimum atomic E-state index is -0.129. The van der Waals surface area contributed by atoms with Crippen molar-refractivity contribution >= 4 is 23.0 Å². The second-order valence-corrected chi connectivity index (χ2v) is 5.78. The number of benzene rings is 1. The van der Waals surface area contributed by atoms with E-state index in [1.807, 2.05) is 13.0 Å². The molecular formula is C18H19NO4. The van der Waals surface area contributed by atoms with Crippen LogP contribution in [0.15, 0.2) is 39.7 Å². The van der Waals surface area contributed by atoms with Gasteiger partial charge in [-0.1, -0.05) is 11.6 Å². The Balaban J connectivity index is 1.82. The van der Waals surface area contributed by atoms with Crippen molar-refractivity contribution in [1.82, 2.24) is 4.90 Å². The molecule has 1 amide bonds. The van der Waals surface area contributed by atoms with Gasteiger partial charge in [0.05, 0.1) is 17.1 Å². The Hall–Kier alpha value is -2.40. The summed E-state index contributed by atoms with van der Waals surface area (Å²) in [5.74, 6) is -0.117. The molecule has 1 aliphatic heterocycles. The lowest BCUT2D eigenvalue weighted by Crippen LogP contribution is -2.28. The van der Waals surface area contributed by atoms with Crippen LogP contribution in [0.4, 0.5) is 0 Å². The number of rotatable bonds is 3. The molecule has 2 heterocycles. The number of carbonyl (C=O) groups excluding carboxylic acids is 1. The third kappa shape index (κ3) is 3.19. The van der Waals surface area contributed by atoms with Crippen molar-refractivity contribution in [3.8, 4) is 0 Å². The first-order valence-electron chi connectivity index (χ1n) is 7.60. The maximum Gasteiger partial charge on any atom is 0.246 e.